The molecule has 5 nitrogen and oxygen atoms in total. The highest BCUT2D eigenvalue weighted by Gasteiger charge is 2.33. The van der Waals surface area contributed by atoms with Crippen molar-refractivity contribution in [1.29, 1.82) is 0 Å². The Morgan fingerprint density at radius 2 is 1.64 bits per heavy atom. The number of nitrogens with zero attached hydrogens (tertiary/aromatic N) is 4. The first kappa shape index (κ1) is 16.7. The van der Waals surface area contributed by atoms with Gasteiger partial charge >= 0.3 is 6.18 Å². The molecular weight excluding hydrogens is 331 g/mol. The van der Waals surface area contributed by atoms with Crippen LogP contribution in [0.25, 0.3) is 0 Å². The fourth-order valence-electron chi connectivity index (χ4n) is 2.25. The average Bonchev–Trinajstić information content (AvgIpc) is 2.62. The number of anilines is 4. The first-order valence-electron chi connectivity index (χ1n) is 7.37. The van der Waals surface area contributed by atoms with Crippen molar-refractivity contribution in [2.24, 2.45) is 0 Å². The molecule has 0 radical (unpaired) electrons. The van der Waals surface area contributed by atoms with Gasteiger partial charge in [-0.05, 0) is 24.3 Å². The second kappa shape index (κ2) is 6.76. The van der Waals surface area contributed by atoms with Crippen LogP contribution in [0.5, 0.6) is 0 Å². The van der Waals surface area contributed by atoms with Crippen LogP contribution in [0, 0.1) is 0 Å². The lowest BCUT2D eigenvalue weighted by molar-refractivity contribution is -0.136. The Morgan fingerprint density at radius 3 is 2.36 bits per heavy atom. The van der Waals surface area contributed by atoms with Gasteiger partial charge in [0.05, 0.1) is 17.4 Å². The standard InChI is InChI=1S/C17H14F3N5/c1-25(12-7-3-2-4-8-12)15-11-21-24-16(23-15)22-14-10-6-5-9-13(14)17(18,19)20/h2-11H,1H3,(H,22,23,24). The number of nitrogens with one attached hydrogen (secondary N) is 1. The van der Waals surface area contributed by atoms with Crippen molar-refractivity contribution < 1.29 is 13.2 Å². The summed E-state index contributed by atoms with van der Waals surface area (Å²) in [6.07, 6.45) is -3.04. The third-order valence-corrected chi connectivity index (χ3v) is 3.51. The minimum absolute atomic E-state index is 0.0167. The predicted molar refractivity (Wildman–Crippen MR) is 89.1 cm³/mol. The van der Waals surface area contributed by atoms with Gasteiger partial charge in [-0.3, -0.25) is 0 Å². The molecule has 8 heteroatoms. The van der Waals surface area contributed by atoms with Crippen molar-refractivity contribution in [3.8, 4) is 0 Å². The van der Waals surface area contributed by atoms with Crippen molar-refractivity contribution in [3.63, 3.8) is 0 Å². The van der Waals surface area contributed by atoms with E-state index in [-0.39, 0.29) is 11.6 Å². The van der Waals surface area contributed by atoms with Crippen LogP contribution in [0.15, 0.2) is 60.8 Å². The second-order valence-corrected chi connectivity index (χ2v) is 5.20. The summed E-state index contributed by atoms with van der Waals surface area (Å²) in [7, 11) is 1.78. The zero-order valence-corrected chi connectivity index (χ0v) is 13.2. The van der Waals surface area contributed by atoms with Crippen LogP contribution in [0.2, 0.25) is 0 Å². The summed E-state index contributed by atoms with van der Waals surface area (Å²) in [6, 6.07) is 14.5. The molecule has 128 valence electrons. The SMILES string of the molecule is CN(c1ccccc1)c1cnnc(Nc2ccccc2C(F)(F)F)n1. The molecule has 0 saturated heterocycles. The molecule has 0 spiro atoms. The van der Waals surface area contributed by atoms with Gasteiger partial charge in [-0.15, -0.1) is 5.10 Å². The lowest BCUT2D eigenvalue weighted by atomic mass is 10.1. The number of halogens is 3. The molecular formula is C17H14F3N5. The van der Waals surface area contributed by atoms with Gasteiger partial charge < -0.3 is 10.2 Å². The Labute approximate surface area is 142 Å². The van der Waals surface area contributed by atoms with Crippen LogP contribution in [0.1, 0.15) is 5.56 Å². The average molecular weight is 345 g/mol. The second-order valence-electron chi connectivity index (χ2n) is 5.20. The van der Waals surface area contributed by atoms with Crippen LogP contribution in [0.4, 0.5) is 36.3 Å². The summed E-state index contributed by atoms with van der Waals surface area (Å²) < 4.78 is 39.2. The summed E-state index contributed by atoms with van der Waals surface area (Å²) in [5.41, 5.74) is -0.0543. The van der Waals surface area contributed by atoms with Gasteiger partial charge in [0.1, 0.15) is 0 Å². The maximum absolute atomic E-state index is 13.1. The third-order valence-electron chi connectivity index (χ3n) is 3.51. The van der Waals surface area contributed by atoms with Crippen molar-refractivity contribution in [2.75, 3.05) is 17.3 Å². The van der Waals surface area contributed by atoms with Crippen molar-refractivity contribution in [3.05, 3.63) is 66.4 Å². The topological polar surface area (TPSA) is 53.9 Å². The lowest BCUT2D eigenvalue weighted by Gasteiger charge is -2.18. The number of hydrogen-bond donors (Lipinski definition) is 1. The summed E-state index contributed by atoms with van der Waals surface area (Å²) in [6.45, 7) is 0. The van der Waals surface area contributed by atoms with Crippen molar-refractivity contribution in [2.45, 2.75) is 6.18 Å². The van der Waals surface area contributed by atoms with E-state index in [0.717, 1.165) is 11.8 Å². The highest BCUT2D eigenvalue weighted by molar-refractivity contribution is 5.62. The van der Waals surface area contributed by atoms with Gasteiger partial charge in [-0.2, -0.15) is 23.3 Å². The number of alkyl halides is 3. The van der Waals surface area contributed by atoms with E-state index in [0.29, 0.717) is 5.82 Å². The van der Waals surface area contributed by atoms with E-state index in [2.05, 4.69) is 20.5 Å². The third kappa shape index (κ3) is 3.85. The van der Waals surface area contributed by atoms with Crippen LogP contribution >= 0.6 is 0 Å². The zero-order valence-electron chi connectivity index (χ0n) is 13.2. The summed E-state index contributed by atoms with van der Waals surface area (Å²) in [4.78, 5) is 6.00. The molecule has 0 unspecified atom stereocenters. The first-order valence-corrected chi connectivity index (χ1v) is 7.37. The summed E-state index contributed by atoms with van der Waals surface area (Å²) in [5, 5.41) is 10.2. The van der Waals surface area contributed by atoms with Crippen LogP contribution in [-0.4, -0.2) is 22.2 Å². The molecule has 1 heterocycles. The minimum atomic E-state index is -4.48. The fourth-order valence-corrected chi connectivity index (χ4v) is 2.25. The molecule has 0 aliphatic heterocycles. The molecule has 3 rings (SSSR count). The molecule has 25 heavy (non-hydrogen) atoms. The number of aromatic nitrogens is 3. The normalized spacial score (nSPS) is 11.2. The Balaban J connectivity index is 1.89. The zero-order chi connectivity index (χ0) is 17.9. The van der Waals surface area contributed by atoms with Gasteiger partial charge in [-0.1, -0.05) is 30.3 Å². The summed E-state index contributed by atoms with van der Waals surface area (Å²) in [5.74, 6) is 0.435. The van der Waals surface area contributed by atoms with E-state index in [1.54, 1.807) is 11.9 Å². The molecule has 2 aromatic carbocycles. The molecule has 0 aliphatic carbocycles. The van der Waals surface area contributed by atoms with E-state index < -0.39 is 11.7 Å². The maximum atomic E-state index is 13.1. The van der Waals surface area contributed by atoms with Crippen LogP contribution < -0.4 is 10.2 Å². The molecule has 3 aromatic rings. The molecule has 0 saturated carbocycles. The molecule has 1 aromatic heterocycles. The van der Waals surface area contributed by atoms with E-state index in [4.69, 9.17) is 0 Å². The van der Waals surface area contributed by atoms with Crippen LogP contribution in [0.3, 0.4) is 0 Å². The molecule has 1 N–H and O–H groups in total. The quantitative estimate of drug-likeness (QED) is 0.759. The Morgan fingerprint density at radius 1 is 0.960 bits per heavy atom. The molecule has 0 bridgehead atoms. The monoisotopic (exact) mass is 345 g/mol. The molecule has 0 amide bonds. The number of rotatable bonds is 4. The highest BCUT2D eigenvalue weighted by Crippen LogP contribution is 2.35. The molecule has 0 fully saturated rings. The summed E-state index contributed by atoms with van der Waals surface area (Å²) >= 11 is 0. The highest BCUT2D eigenvalue weighted by atomic mass is 19.4. The largest absolute Gasteiger partial charge is 0.418 e. The lowest BCUT2D eigenvalue weighted by Crippen LogP contribution is -2.14. The van der Waals surface area contributed by atoms with Crippen molar-refractivity contribution in [1.82, 2.24) is 15.2 Å². The maximum Gasteiger partial charge on any atom is 0.418 e. The smallest absolute Gasteiger partial charge is 0.328 e. The first-order chi connectivity index (χ1) is 11.9. The van der Waals surface area contributed by atoms with Gasteiger partial charge in [0.15, 0.2) is 5.82 Å². The number of para-hydroxylation sites is 2. The predicted octanol–water partition coefficient (Wildman–Crippen LogP) is 4.40. The minimum Gasteiger partial charge on any atom is -0.328 e. The van der Waals surface area contributed by atoms with Crippen LogP contribution in [-0.2, 0) is 6.18 Å². The molecule has 0 atom stereocenters. The fraction of sp³-hybridized carbons (Fsp3) is 0.118. The van der Waals surface area contributed by atoms with E-state index in [9.17, 15) is 13.2 Å². The van der Waals surface area contributed by atoms with E-state index in [1.807, 2.05) is 30.3 Å². The van der Waals surface area contributed by atoms with Gasteiger partial charge in [-0.25, -0.2) is 0 Å². The van der Waals surface area contributed by atoms with Gasteiger partial charge in [0, 0.05) is 12.7 Å². The Bertz CT molecular complexity index is 852. The Hall–Kier alpha value is -3.16. The number of benzene rings is 2. The Kier molecular flexibility index (Phi) is 4.51. The van der Waals surface area contributed by atoms with Gasteiger partial charge in [0.2, 0.25) is 5.95 Å². The number of hydrogen-bond acceptors (Lipinski definition) is 5. The van der Waals surface area contributed by atoms with Gasteiger partial charge in [0.25, 0.3) is 0 Å². The van der Waals surface area contributed by atoms with E-state index in [1.165, 1.54) is 24.4 Å². The van der Waals surface area contributed by atoms with Crippen molar-refractivity contribution >= 4 is 23.1 Å². The van der Waals surface area contributed by atoms with E-state index >= 15 is 0 Å². The molecule has 0 aliphatic rings.